The van der Waals surface area contributed by atoms with Crippen LogP contribution in [0.5, 0.6) is 0 Å². The lowest BCUT2D eigenvalue weighted by Gasteiger charge is -2.37. The van der Waals surface area contributed by atoms with Crippen molar-refractivity contribution in [3.8, 4) is 0 Å². The van der Waals surface area contributed by atoms with Crippen molar-refractivity contribution in [1.29, 1.82) is 0 Å². The summed E-state index contributed by atoms with van der Waals surface area (Å²) in [5.74, 6) is -0.484. The fourth-order valence-corrected chi connectivity index (χ4v) is 1.50. The standard InChI is InChI=1S/C10H18O4/c1-4-6-8(9(11)12-5-2)10-13-7(3)14-10/h7-8,10H,4-6H2,1-3H3. The van der Waals surface area contributed by atoms with Crippen LogP contribution in [0.2, 0.25) is 0 Å². The molecule has 4 nitrogen and oxygen atoms in total. The summed E-state index contributed by atoms with van der Waals surface area (Å²) in [6.45, 7) is 6.03. The molecule has 0 aromatic carbocycles. The van der Waals surface area contributed by atoms with E-state index < -0.39 is 6.29 Å². The molecule has 4 heteroatoms. The average molecular weight is 202 g/mol. The van der Waals surface area contributed by atoms with E-state index in [0.29, 0.717) is 6.61 Å². The first kappa shape index (κ1) is 11.5. The summed E-state index contributed by atoms with van der Waals surface area (Å²) in [6.07, 6.45) is 1.08. The third-order valence-corrected chi connectivity index (χ3v) is 2.17. The molecule has 0 amide bonds. The van der Waals surface area contributed by atoms with Crippen molar-refractivity contribution < 1.29 is 19.0 Å². The second-order valence-electron chi connectivity index (χ2n) is 3.36. The van der Waals surface area contributed by atoms with Crippen molar-refractivity contribution in [2.24, 2.45) is 5.92 Å². The fraction of sp³-hybridized carbons (Fsp3) is 0.900. The number of rotatable bonds is 5. The maximum atomic E-state index is 11.5. The summed E-state index contributed by atoms with van der Waals surface area (Å²) in [4.78, 5) is 11.5. The van der Waals surface area contributed by atoms with Gasteiger partial charge in [0, 0.05) is 0 Å². The largest absolute Gasteiger partial charge is 0.466 e. The number of esters is 1. The van der Waals surface area contributed by atoms with Crippen LogP contribution in [0.4, 0.5) is 0 Å². The first-order valence-electron chi connectivity index (χ1n) is 5.16. The van der Waals surface area contributed by atoms with Crippen molar-refractivity contribution in [3.05, 3.63) is 0 Å². The van der Waals surface area contributed by atoms with Gasteiger partial charge in [-0.25, -0.2) is 0 Å². The molecule has 82 valence electrons. The normalized spacial score (nSPS) is 27.9. The molecule has 0 aromatic rings. The van der Waals surface area contributed by atoms with Gasteiger partial charge in [-0.2, -0.15) is 0 Å². The minimum absolute atomic E-state index is 0.186. The van der Waals surface area contributed by atoms with Gasteiger partial charge in [-0.15, -0.1) is 0 Å². The van der Waals surface area contributed by atoms with E-state index in [0.717, 1.165) is 12.8 Å². The number of carbonyl (C=O) groups is 1. The first-order chi connectivity index (χ1) is 6.69. The lowest BCUT2D eigenvalue weighted by Crippen LogP contribution is -2.47. The Bertz CT molecular complexity index is 187. The quantitative estimate of drug-likeness (QED) is 0.636. The van der Waals surface area contributed by atoms with Crippen LogP contribution in [0.3, 0.4) is 0 Å². The number of hydrogen-bond acceptors (Lipinski definition) is 4. The molecule has 0 saturated carbocycles. The summed E-state index contributed by atoms with van der Waals surface area (Å²) in [6, 6.07) is 0. The van der Waals surface area contributed by atoms with Crippen LogP contribution in [-0.4, -0.2) is 25.2 Å². The lowest BCUT2D eigenvalue weighted by atomic mass is 10.0. The molecule has 1 fully saturated rings. The molecule has 1 aliphatic rings. The molecule has 0 spiro atoms. The molecule has 0 N–H and O–H groups in total. The van der Waals surface area contributed by atoms with E-state index in [1.807, 2.05) is 13.8 Å². The summed E-state index contributed by atoms with van der Waals surface area (Å²) in [5.41, 5.74) is 0. The lowest BCUT2D eigenvalue weighted by molar-refractivity contribution is -0.389. The Balaban J connectivity index is 2.42. The second-order valence-corrected chi connectivity index (χ2v) is 3.36. The van der Waals surface area contributed by atoms with Gasteiger partial charge in [0.25, 0.3) is 0 Å². The van der Waals surface area contributed by atoms with Gasteiger partial charge in [-0.05, 0) is 20.3 Å². The Hall–Kier alpha value is -0.610. The van der Waals surface area contributed by atoms with Crippen molar-refractivity contribution in [2.45, 2.75) is 46.2 Å². The molecule has 1 unspecified atom stereocenters. The van der Waals surface area contributed by atoms with Crippen LogP contribution in [-0.2, 0) is 19.0 Å². The monoisotopic (exact) mass is 202 g/mol. The zero-order valence-electron chi connectivity index (χ0n) is 8.99. The van der Waals surface area contributed by atoms with Gasteiger partial charge in [0.05, 0.1) is 6.61 Å². The SMILES string of the molecule is CCCC(C(=O)OCC)C1OC(C)O1. The van der Waals surface area contributed by atoms with Gasteiger partial charge in [0.2, 0.25) is 0 Å². The summed E-state index contributed by atoms with van der Waals surface area (Å²) in [5, 5.41) is 0. The van der Waals surface area contributed by atoms with Crippen LogP contribution in [0.15, 0.2) is 0 Å². The highest BCUT2D eigenvalue weighted by Gasteiger charge is 2.39. The third kappa shape index (κ3) is 2.69. The van der Waals surface area contributed by atoms with Crippen LogP contribution in [0.25, 0.3) is 0 Å². The molecule has 1 atom stereocenters. The van der Waals surface area contributed by atoms with Crippen molar-refractivity contribution >= 4 is 5.97 Å². The topological polar surface area (TPSA) is 44.8 Å². The van der Waals surface area contributed by atoms with Crippen molar-refractivity contribution in [2.75, 3.05) is 6.61 Å². The summed E-state index contributed by atoms with van der Waals surface area (Å²) < 4.78 is 15.5. The van der Waals surface area contributed by atoms with Gasteiger partial charge >= 0.3 is 5.97 Å². The summed E-state index contributed by atoms with van der Waals surface area (Å²) in [7, 11) is 0. The van der Waals surface area contributed by atoms with Gasteiger partial charge < -0.3 is 14.2 Å². The Morgan fingerprint density at radius 3 is 2.50 bits per heavy atom. The predicted octanol–water partition coefficient (Wildman–Crippen LogP) is 1.68. The highest BCUT2D eigenvalue weighted by Crippen LogP contribution is 2.27. The molecule has 1 heterocycles. The molecule has 1 rings (SSSR count). The van der Waals surface area contributed by atoms with Gasteiger partial charge in [0.15, 0.2) is 12.6 Å². The smallest absolute Gasteiger partial charge is 0.314 e. The zero-order chi connectivity index (χ0) is 10.6. The van der Waals surface area contributed by atoms with E-state index in [1.165, 1.54) is 0 Å². The van der Waals surface area contributed by atoms with Crippen LogP contribution >= 0.6 is 0 Å². The van der Waals surface area contributed by atoms with E-state index in [4.69, 9.17) is 14.2 Å². The van der Waals surface area contributed by atoms with Crippen molar-refractivity contribution in [3.63, 3.8) is 0 Å². The van der Waals surface area contributed by atoms with Gasteiger partial charge in [-0.1, -0.05) is 13.3 Å². The van der Waals surface area contributed by atoms with Gasteiger partial charge in [0.1, 0.15) is 5.92 Å². The van der Waals surface area contributed by atoms with Gasteiger partial charge in [-0.3, -0.25) is 4.79 Å². The highest BCUT2D eigenvalue weighted by atomic mass is 16.9. The second kappa shape index (κ2) is 5.32. The third-order valence-electron chi connectivity index (χ3n) is 2.17. The molecule has 14 heavy (non-hydrogen) atoms. The fourth-order valence-electron chi connectivity index (χ4n) is 1.50. The molecular weight excluding hydrogens is 184 g/mol. The van der Waals surface area contributed by atoms with Crippen molar-refractivity contribution in [1.82, 2.24) is 0 Å². The zero-order valence-corrected chi connectivity index (χ0v) is 8.99. The highest BCUT2D eigenvalue weighted by molar-refractivity contribution is 5.72. The molecule has 0 radical (unpaired) electrons. The summed E-state index contributed by atoms with van der Waals surface area (Å²) >= 11 is 0. The van der Waals surface area contributed by atoms with E-state index in [9.17, 15) is 4.79 Å². The Morgan fingerprint density at radius 2 is 2.07 bits per heavy atom. The number of ether oxygens (including phenoxy) is 3. The molecule has 1 saturated heterocycles. The van der Waals surface area contributed by atoms with E-state index >= 15 is 0 Å². The molecule has 1 aliphatic heterocycles. The van der Waals surface area contributed by atoms with Crippen LogP contribution in [0, 0.1) is 5.92 Å². The first-order valence-corrected chi connectivity index (χ1v) is 5.16. The minimum Gasteiger partial charge on any atom is -0.466 e. The van der Waals surface area contributed by atoms with E-state index in [-0.39, 0.29) is 18.2 Å². The Morgan fingerprint density at radius 1 is 1.43 bits per heavy atom. The predicted molar refractivity (Wildman–Crippen MR) is 50.5 cm³/mol. The average Bonchev–Trinajstić information content (AvgIpc) is 2.10. The maximum Gasteiger partial charge on any atom is 0.314 e. The Kier molecular flexibility index (Phi) is 4.35. The van der Waals surface area contributed by atoms with E-state index in [1.54, 1.807) is 6.92 Å². The van der Waals surface area contributed by atoms with Crippen LogP contribution < -0.4 is 0 Å². The molecular formula is C10H18O4. The maximum absolute atomic E-state index is 11.5. The van der Waals surface area contributed by atoms with Crippen LogP contribution in [0.1, 0.15) is 33.6 Å². The number of carbonyl (C=O) groups excluding carboxylic acids is 1. The minimum atomic E-state index is -0.399. The Labute approximate surface area is 84.5 Å². The number of hydrogen-bond donors (Lipinski definition) is 0. The molecule has 0 aromatic heterocycles. The molecule has 0 bridgehead atoms. The van der Waals surface area contributed by atoms with E-state index in [2.05, 4.69) is 0 Å². The molecule has 0 aliphatic carbocycles.